The van der Waals surface area contributed by atoms with Crippen molar-refractivity contribution in [1.29, 1.82) is 0 Å². The maximum Gasteiger partial charge on any atom is 0.416 e. The number of methoxy groups -OCH3 is 1. The lowest BCUT2D eigenvalue weighted by Gasteiger charge is -2.29. The lowest BCUT2D eigenvalue weighted by atomic mass is 9.92. The van der Waals surface area contributed by atoms with Crippen molar-refractivity contribution < 1.29 is 49.4 Å². The zero-order valence-corrected chi connectivity index (χ0v) is 24.1. The Morgan fingerprint density at radius 2 is 1.48 bits per heavy atom. The second-order valence-corrected chi connectivity index (χ2v) is 12.1. The van der Waals surface area contributed by atoms with Gasteiger partial charge < -0.3 is 9.84 Å². The monoisotopic (exact) mass is 617 g/mol. The van der Waals surface area contributed by atoms with Crippen LogP contribution in [-0.2, 0) is 28.7 Å². The third-order valence-electron chi connectivity index (χ3n) is 6.83. The number of hydrogen-bond donors (Lipinski definition) is 1. The molecule has 228 valence electrons. The van der Waals surface area contributed by atoms with Gasteiger partial charge in [-0.2, -0.15) is 26.3 Å². The van der Waals surface area contributed by atoms with Crippen molar-refractivity contribution in [3.05, 3.63) is 82.4 Å². The van der Waals surface area contributed by atoms with Gasteiger partial charge in [0.1, 0.15) is 5.75 Å². The van der Waals surface area contributed by atoms with Gasteiger partial charge in [0.25, 0.3) is 0 Å². The molecule has 0 saturated heterocycles. The summed E-state index contributed by atoms with van der Waals surface area (Å²) in [6, 6.07) is 8.56. The molecule has 13 heteroatoms. The third-order valence-corrected chi connectivity index (χ3v) is 7.93. The molecule has 0 aliphatic heterocycles. The summed E-state index contributed by atoms with van der Waals surface area (Å²) in [5, 5.41) is 10.1. The van der Waals surface area contributed by atoms with Gasteiger partial charge in [-0.05, 0) is 77.6 Å². The zero-order chi connectivity index (χ0) is 31.8. The fourth-order valence-corrected chi connectivity index (χ4v) is 5.12. The maximum absolute atomic E-state index is 13.7. The van der Waals surface area contributed by atoms with Crippen LogP contribution in [0.15, 0.2) is 59.5 Å². The number of benzene rings is 3. The summed E-state index contributed by atoms with van der Waals surface area (Å²) >= 11 is 0. The number of rotatable bonds is 8. The molecular weight excluding hydrogens is 588 g/mol. The first-order valence-electron chi connectivity index (χ1n) is 12.5. The van der Waals surface area contributed by atoms with E-state index in [-0.39, 0.29) is 22.6 Å². The van der Waals surface area contributed by atoms with Crippen LogP contribution in [0, 0.1) is 0 Å². The standard InChI is InChI=1S/C29H29F6NO5S/c1-16(2)18-6-9-26(41-4)25(13-18)24-8-7-21(28(30,31)32)11-20(24)15-36(27(37)38)17(3)19-10-22(29(33,34)35)14-23(12-19)42(5,39)40/h6-14,16-17H,15H2,1-5H3,(H,37,38). The number of sulfone groups is 1. The molecule has 0 aliphatic carbocycles. The van der Waals surface area contributed by atoms with E-state index in [2.05, 4.69) is 0 Å². The van der Waals surface area contributed by atoms with Crippen LogP contribution in [0.5, 0.6) is 5.75 Å². The molecule has 1 unspecified atom stereocenters. The Labute approximate surface area is 239 Å². The van der Waals surface area contributed by atoms with Crippen molar-refractivity contribution in [3.8, 4) is 16.9 Å². The predicted molar refractivity (Wildman–Crippen MR) is 144 cm³/mol. The molecule has 0 saturated carbocycles. The summed E-state index contributed by atoms with van der Waals surface area (Å²) < 4.78 is 112. The quantitative estimate of drug-likeness (QED) is 0.258. The predicted octanol–water partition coefficient (Wildman–Crippen LogP) is 8.17. The molecule has 0 heterocycles. The molecule has 0 fully saturated rings. The van der Waals surface area contributed by atoms with E-state index >= 15 is 0 Å². The number of ether oxygens (including phenoxy) is 1. The van der Waals surface area contributed by atoms with E-state index in [1.165, 1.54) is 20.1 Å². The second-order valence-electron chi connectivity index (χ2n) is 10.1. The fraction of sp³-hybridized carbons (Fsp3) is 0.345. The highest BCUT2D eigenvalue weighted by Gasteiger charge is 2.35. The number of halogens is 6. The molecular formula is C29H29F6NO5S. The molecule has 0 radical (unpaired) electrons. The minimum absolute atomic E-state index is 0.0352. The summed E-state index contributed by atoms with van der Waals surface area (Å²) in [5.41, 5.74) is -1.32. The van der Waals surface area contributed by atoms with Gasteiger partial charge >= 0.3 is 18.4 Å². The molecule has 6 nitrogen and oxygen atoms in total. The molecule has 0 bridgehead atoms. The van der Waals surface area contributed by atoms with E-state index in [1.807, 2.05) is 13.8 Å². The van der Waals surface area contributed by atoms with Crippen LogP contribution < -0.4 is 4.74 Å². The minimum Gasteiger partial charge on any atom is -0.496 e. The topological polar surface area (TPSA) is 83.9 Å². The fourth-order valence-electron chi connectivity index (χ4n) is 4.43. The van der Waals surface area contributed by atoms with Crippen molar-refractivity contribution in [2.75, 3.05) is 13.4 Å². The molecule has 3 aromatic carbocycles. The van der Waals surface area contributed by atoms with Gasteiger partial charge in [-0.3, -0.25) is 4.90 Å². The number of hydrogen-bond acceptors (Lipinski definition) is 4. The number of carbonyl (C=O) groups is 1. The highest BCUT2D eigenvalue weighted by atomic mass is 32.2. The molecule has 1 atom stereocenters. The van der Waals surface area contributed by atoms with Crippen molar-refractivity contribution in [1.82, 2.24) is 4.90 Å². The average Bonchev–Trinajstić information content (AvgIpc) is 2.88. The van der Waals surface area contributed by atoms with Crippen LogP contribution in [-0.4, -0.2) is 37.9 Å². The summed E-state index contributed by atoms with van der Waals surface area (Å²) in [5.74, 6) is 0.346. The molecule has 42 heavy (non-hydrogen) atoms. The van der Waals surface area contributed by atoms with Crippen LogP contribution >= 0.6 is 0 Å². The largest absolute Gasteiger partial charge is 0.496 e. The van der Waals surface area contributed by atoms with Gasteiger partial charge in [0.15, 0.2) is 9.84 Å². The lowest BCUT2D eigenvalue weighted by Crippen LogP contribution is -2.32. The SMILES string of the molecule is COc1ccc(C(C)C)cc1-c1ccc(C(F)(F)F)cc1CN(C(=O)O)C(C)c1cc(C(F)(F)F)cc(S(C)(=O)=O)c1. The Bertz CT molecular complexity index is 1580. The summed E-state index contributed by atoms with van der Waals surface area (Å²) in [7, 11) is -2.76. The lowest BCUT2D eigenvalue weighted by molar-refractivity contribution is -0.138. The minimum atomic E-state index is -4.95. The van der Waals surface area contributed by atoms with Crippen LogP contribution in [0.3, 0.4) is 0 Å². The zero-order valence-electron chi connectivity index (χ0n) is 23.3. The number of carboxylic acid groups (broad SMARTS) is 1. The number of alkyl halides is 6. The molecule has 1 N–H and O–H groups in total. The molecule has 0 aliphatic rings. The molecule has 1 amide bonds. The van der Waals surface area contributed by atoms with Crippen LogP contribution in [0.1, 0.15) is 60.5 Å². The Morgan fingerprint density at radius 3 is 1.98 bits per heavy atom. The first kappa shape index (κ1) is 32.8. The molecule has 3 aromatic rings. The highest BCUT2D eigenvalue weighted by Crippen LogP contribution is 2.40. The van der Waals surface area contributed by atoms with E-state index in [0.29, 0.717) is 34.6 Å². The third kappa shape index (κ3) is 7.36. The van der Waals surface area contributed by atoms with Crippen molar-refractivity contribution >= 4 is 15.9 Å². The highest BCUT2D eigenvalue weighted by molar-refractivity contribution is 7.90. The Hall–Kier alpha value is -3.74. The van der Waals surface area contributed by atoms with E-state index < -0.39 is 56.9 Å². The van der Waals surface area contributed by atoms with Crippen molar-refractivity contribution in [3.63, 3.8) is 0 Å². The smallest absolute Gasteiger partial charge is 0.416 e. The number of amides is 1. The summed E-state index contributed by atoms with van der Waals surface area (Å²) in [6.07, 6.45) is -10.7. The van der Waals surface area contributed by atoms with E-state index in [4.69, 9.17) is 4.74 Å². The van der Waals surface area contributed by atoms with Crippen LogP contribution in [0.4, 0.5) is 31.1 Å². The van der Waals surface area contributed by atoms with Gasteiger partial charge in [0.2, 0.25) is 0 Å². The van der Waals surface area contributed by atoms with Crippen LogP contribution in [0.25, 0.3) is 11.1 Å². The van der Waals surface area contributed by atoms with Crippen molar-refractivity contribution in [2.45, 2.75) is 56.5 Å². The Kier molecular flexibility index (Phi) is 9.26. The van der Waals surface area contributed by atoms with E-state index in [0.717, 1.165) is 23.8 Å². The van der Waals surface area contributed by atoms with Gasteiger partial charge in [0, 0.05) is 11.8 Å². The van der Waals surface area contributed by atoms with Crippen LogP contribution in [0.2, 0.25) is 0 Å². The molecule has 0 aromatic heterocycles. The second kappa shape index (κ2) is 11.9. The summed E-state index contributed by atoms with van der Waals surface area (Å²) in [4.78, 5) is 12.4. The first-order valence-corrected chi connectivity index (χ1v) is 14.4. The normalized spacial score (nSPS) is 13.2. The first-order chi connectivity index (χ1) is 19.2. The molecule has 0 spiro atoms. The average molecular weight is 618 g/mol. The molecule has 3 rings (SSSR count). The van der Waals surface area contributed by atoms with E-state index in [9.17, 15) is 44.7 Å². The van der Waals surface area contributed by atoms with Crippen molar-refractivity contribution in [2.24, 2.45) is 0 Å². The van der Waals surface area contributed by atoms with Gasteiger partial charge in [0.05, 0.1) is 35.7 Å². The van der Waals surface area contributed by atoms with Gasteiger partial charge in [-0.15, -0.1) is 0 Å². The number of nitrogens with zero attached hydrogens (tertiary/aromatic N) is 1. The Balaban J connectivity index is 2.24. The summed E-state index contributed by atoms with van der Waals surface area (Å²) in [6.45, 7) is 4.37. The van der Waals surface area contributed by atoms with Gasteiger partial charge in [-0.1, -0.05) is 26.0 Å². The van der Waals surface area contributed by atoms with E-state index in [1.54, 1.807) is 18.2 Å². The van der Waals surface area contributed by atoms with Gasteiger partial charge in [-0.25, -0.2) is 13.2 Å². The Morgan fingerprint density at radius 1 is 0.857 bits per heavy atom. The maximum atomic E-state index is 13.7.